The van der Waals surface area contributed by atoms with Crippen molar-refractivity contribution in [3.05, 3.63) is 189 Å². The standard InChI is InChI=1S/C52H33N7O5/c53-30-34-13-7-15-38(21-34)42-28-49(61)57-45-23-36(19-17-32-9-3-1-4-10-32)40(25-44(45)55-42)26-48(60)59-51(52(63)64)41-27-47-46(24-37(41)20-18-33-11-5-2-6-12-33)58-50(62)29-43(56-47)39-16-8-14-35(22-39)31-54/h1-16,21-25,27,51H,26,28-29H2,(H,57,61)(H,58,62)(H,59,60)(H,63,64). The number of amides is 3. The predicted molar refractivity (Wildman–Crippen MR) is 241 cm³/mol. The van der Waals surface area contributed by atoms with Gasteiger partial charge in [0.25, 0.3) is 0 Å². The molecule has 0 fully saturated rings. The molecular formula is C52H33N7O5. The van der Waals surface area contributed by atoms with Crippen molar-refractivity contribution >= 4 is 57.9 Å². The lowest BCUT2D eigenvalue weighted by Crippen LogP contribution is -2.35. The van der Waals surface area contributed by atoms with Crippen molar-refractivity contribution in [2.75, 3.05) is 10.6 Å². The summed E-state index contributed by atoms with van der Waals surface area (Å²) in [5.74, 6) is 9.56. The second-order valence-corrected chi connectivity index (χ2v) is 14.7. The Bertz CT molecular complexity index is 3190. The van der Waals surface area contributed by atoms with Crippen LogP contribution in [0.3, 0.4) is 0 Å². The number of nitrogens with one attached hydrogen (secondary N) is 3. The molecule has 0 radical (unpaired) electrons. The molecule has 2 aliphatic heterocycles. The molecule has 0 aliphatic carbocycles. The van der Waals surface area contributed by atoms with Gasteiger partial charge < -0.3 is 21.1 Å². The number of carboxylic acid groups (broad SMARTS) is 1. The monoisotopic (exact) mass is 835 g/mol. The molecule has 0 aromatic heterocycles. The Morgan fingerprint density at radius 1 is 0.609 bits per heavy atom. The van der Waals surface area contributed by atoms with Gasteiger partial charge in [-0.25, -0.2) is 4.79 Å². The third kappa shape index (κ3) is 9.65. The van der Waals surface area contributed by atoms with E-state index in [-0.39, 0.29) is 53.6 Å². The number of aliphatic imine (C=N–C) groups is 2. The first-order valence-electron chi connectivity index (χ1n) is 19.9. The highest BCUT2D eigenvalue weighted by molar-refractivity contribution is 6.18. The van der Waals surface area contributed by atoms with Gasteiger partial charge in [0.05, 0.1) is 76.7 Å². The summed E-state index contributed by atoms with van der Waals surface area (Å²) in [7, 11) is 0. The van der Waals surface area contributed by atoms with Gasteiger partial charge in [-0.1, -0.05) is 84.3 Å². The minimum Gasteiger partial charge on any atom is -0.479 e. The molecule has 3 amide bonds. The molecule has 4 N–H and O–H groups in total. The highest BCUT2D eigenvalue weighted by Gasteiger charge is 2.29. The van der Waals surface area contributed by atoms with Gasteiger partial charge in [0, 0.05) is 27.8 Å². The zero-order valence-corrected chi connectivity index (χ0v) is 33.8. The first kappa shape index (κ1) is 41.4. The third-order valence-electron chi connectivity index (χ3n) is 10.2. The molecular weight excluding hydrogens is 803 g/mol. The van der Waals surface area contributed by atoms with Crippen LogP contribution >= 0.6 is 0 Å². The molecule has 2 aliphatic rings. The van der Waals surface area contributed by atoms with Crippen molar-refractivity contribution in [3.8, 4) is 35.8 Å². The Morgan fingerprint density at radius 3 is 1.61 bits per heavy atom. The molecule has 8 rings (SSSR count). The SMILES string of the molecule is N#Cc1cccc(C2=Nc3cc(CC(=O)NC(C(=O)O)c4cc5c(cc4C#Cc4ccccc4)NC(=O)CC(c4cccc(C#N)c4)=N5)c(C#Cc4ccccc4)cc3NC(=O)C2)c1. The van der Waals surface area contributed by atoms with Crippen LogP contribution in [0.1, 0.15) is 74.5 Å². The van der Waals surface area contributed by atoms with Crippen LogP contribution in [-0.2, 0) is 25.6 Å². The van der Waals surface area contributed by atoms with E-state index >= 15 is 0 Å². The lowest BCUT2D eigenvalue weighted by atomic mass is 9.97. The minimum absolute atomic E-state index is 0.0809. The largest absolute Gasteiger partial charge is 0.479 e. The first-order chi connectivity index (χ1) is 31.1. The normalized spacial score (nSPS) is 13.0. The average Bonchev–Trinajstić information content (AvgIpc) is 3.58. The lowest BCUT2D eigenvalue weighted by Gasteiger charge is -2.19. The number of anilines is 2. The number of nitriles is 2. The van der Waals surface area contributed by atoms with Crippen LogP contribution in [-0.4, -0.2) is 40.2 Å². The van der Waals surface area contributed by atoms with Crippen molar-refractivity contribution in [2.24, 2.45) is 9.98 Å². The molecule has 6 aromatic carbocycles. The maximum atomic E-state index is 14.2. The highest BCUT2D eigenvalue weighted by Crippen LogP contribution is 2.36. The van der Waals surface area contributed by atoms with Crippen LogP contribution in [0.15, 0.2) is 143 Å². The van der Waals surface area contributed by atoms with E-state index in [1.807, 2.05) is 48.5 Å². The van der Waals surface area contributed by atoms with E-state index < -0.39 is 17.9 Å². The number of hydrogen-bond acceptors (Lipinski definition) is 8. The molecule has 2 heterocycles. The van der Waals surface area contributed by atoms with Gasteiger partial charge in [-0.2, -0.15) is 10.5 Å². The van der Waals surface area contributed by atoms with E-state index in [9.17, 15) is 34.8 Å². The number of nitrogens with zero attached hydrogens (tertiary/aromatic N) is 4. The van der Waals surface area contributed by atoms with Crippen molar-refractivity contribution in [1.82, 2.24) is 5.32 Å². The van der Waals surface area contributed by atoms with Crippen LogP contribution in [0.2, 0.25) is 0 Å². The highest BCUT2D eigenvalue weighted by atomic mass is 16.4. The van der Waals surface area contributed by atoms with Gasteiger partial charge in [0.15, 0.2) is 6.04 Å². The minimum atomic E-state index is -1.65. The lowest BCUT2D eigenvalue weighted by molar-refractivity contribution is -0.142. The van der Waals surface area contributed by atoms with Gasteiger partial charge in [-0.15, -0.1) is 0 Å². The van der Waals surface area contributed by atoms with Gasteiger partial charge >= 0.3 is 5.97 Å². The smallest absolute Gasteiger partial charge is 0.330 e. The van der Waals surface area contributed by atoms with E-state index in [1.54, 1.807) is 78.9 Å². The summed E-state index contributed by atoms with van der Waals surface area (Å²) in [6.07, 6.45) is -0.550. The van der Waals surface area contributed by atoms with Gasteiger partial charge in [0.2, 0.25) is 17.7 Å². The summed E-state index contributed by atoms with van der Waals surface area (Å²) in [4.78, 5) is 63.5. The molecule has 64 heavy (non-hydrogen) atoms. The number of fused-ring (bicyclic) bond motifs is 2. The van der Waals surface area contributed by atoms with Gasteiger partial charge in [-0.3, -0.25) is 24.4 Å². The zero-order valence-electron chi connectivity index (χ0n) is 33.8. The van der Waals surface area contributed by atoms with E-state index in [0.717, 1.165) is 0 Å². The number of carbonyl (C=O) groups is 4. The Hall–Kier alpha value is -9.36. The van der Waals surface area contributed by atoms with Crippen molar-refractivity contribution in [1.29, 1.82) is 10.5 Å². The first-order valence-corrected chi connectivity index (χ1v) is 19.9. The van der Waals surface area contributed by atoms with Crippen LogP contribution in [0.25, 0.3) is 0 Å². The number of carboxylic acids is 1. The summed E-state index contributed by atoms with van der Waals surface area (Å²) in [5.41, 5.74) is 6.33. The Balaban J connectivity index is 1.20. The number of aliphatic carboxylic acids is 1. The van der Waals surface area contributed by atoms with Crippen LogP contribution in [0.4, 0.5) is 22.7 Å². The second kappa shape index (κ2) is 18.5. The summed E-state index contributed by atoms with van der Waals surface area (Å²) < 4.78 is 0. The fraction of sp³-hybridized carbons (Fsp3) is 0.0769. The molecule has 0 bridgehead atoms. The molecule has 0 spiro atoms. The average molecular weight is 836 g/mol. The van der Waals surface area contributed by atoms with Gasteiger partial charge in [0.1, 0.15) is 0 Å². The number of benzene rings is 6. The molecule has 0 saturated heterocycles. The van der Waals surface area contributed by atoms with Crippen LogP contribution < -0.4 is 16.0 Å². The van der Waals surface area contributed by atoms with E-state index in [2.05, 4.69) is 51.8 Å². The van der Waals surface area contributed by atoms with E-state index in [4.69, 9.17) is 9.98 Å². The quantitative estimate of drug-likeness (QED) is 0.119. The fourth-order valence-electron chi connectivity index (χ4n) is 7.14. The molecule has 6 aromatic rings. The molecule has 1 unspecified atom stereocenters. The van der Waals surface area contributed by atoms with Gasteiger partial charge in [-0.05, 0) is 89.5 Å². The second-order valence-electron chi connectivity index (χ2n) is 14.7. The molecule has 306 valence electrons. The third-order valence-corrected chi connectivity index (χ3v) is 10.2. The van der Waals surface area contributed by atoms with Crippen LogP contribution in [0.5, 0.6) is 0 Å². The molecule has 0 saturated carbocycles. The molecule has 12 nitrogen and oxygen atoms in total. The van der Waals surface area contributed by atoms with Crippen LogP contribution in [0, 0.1) is 46.3 Å². The van der Waals surface area contributed by atoms with E-state index in [1.165, 1.54) is 6.07 Å². The van der Waals surface area contributed by atoms with E-state index in [0.29, 0.717) is 67.3 Å². The Kier molecular flexibility index (Phi) is 12.0. The summed E-state index contributed by atoms with van der Waals surface area (Å²) in [5, 5.41) is 38.3. The molecule has 12 heteroatoms. The number of carbonyl (C=O) groups excluding carboxylic acids is 3. The van der Waals surface area contributed by atoms with Crippen molar-refractivity contribution < 1.29 is 24.3 Å². The summed E-state index contributed by atoms with van der Waals surface area (Å²) >= 11 is 0. The zero-order chi connectivity index (χ0) is 44.6. The van der Waals surface area contributed by atoms with Crippen molar-refractivity contribution in [3.63, 3.8) is 0 Å². The summed E-state index contributed by atoms with van der Waals surface area (Å²) in [6, 6.07) is 40.5. The number of hydrogen-bond donors (Lipinski definition) is 4. The Labute approximate surface area is 367 Å². The number of rotatable bonds is 7. The molecule has 1 atom stereocenters. The fourth-order valence-corrected chi connectivity index (χ4v) is 7.14. The maximum absolute atomic E-state index is 14.2. The maximum Gasteiger partial charge on any atom is 0.330 e. The Morgan fingerprint density at radius 2 is 1.09 bits per heavy atom. The van der Waals surface area contributed by atoms with Crippen molar-refractivity contribution in [2.45, 2.75) is 25.3 Å². The topological polar surface area (TPSA) is 197 Å². The summed E-state index contributed by atoms with van der Waals surface area (Å²) in [6.45, 7) is 0. The predicted octanol–water partition coefficient (Wildman–Crippen LogP) is 7.64.